The molecule has 1 amide bonds. The second-order valence-corrected chi connectivity index (χ2v) is 4.90. The number of anilines is 1. The average molecular weight is 268 g/mol. The maximum Gasteiger partial charge on any atom is 0.228 e. The van der Waals surface area contributed by atoms with E-state index in [0.29, 0.717) is 6.42 Å². The average Bonchev–Trinajstić information content (AvgIpc) is 2.42. The highest BCUT2D eigenvalue weighted by Crippen LogP contribution is 2.21. The van der Waals surface area contributed by atoms with Gasteiger partial charge in [0.1, 0.15) is 11.6 Å². The van der Waals surface area contributed by atoms with Gasteiger partial charge in [0.2, 0.25) is 5.91 Å². The van der Waals surface area contributed by atoms with Gasteiger partial charge in [-0.1, -0.05) is 6.42 Å². The molecule has 1 N–H and O–H groups in total. The smallest absolute Gasteiger partial charge is 0.228 e. The monoisotopic (exact) mass is 268 g/mol. The van der Waals surface area contributed by atoms with E-state index in [1.54, 1.807) is 0 Å². The number of amides is 1. The molecule has 1 heterocycles. The minimum Gasteiger partial charge on any atom is -0.313 e. The minimum atomic E-state index is -0.589. The van der Waals surface area contributed by atoms with Gasteiger partial charge in [-0.25, -0.2) is 8.78 Å². The Morgan fingerprint density at radius 1 is 1.42 bits per heavy atom. The van der Waals surface area contributed by atoms with Crippen LogP contribution in [0.4, 0.5) is 14.5 Å². The second kappa shape index (κ2) is 6.10. The Kier molecular flexibility index (Phi) is 4.47. The van der Waals surface area contributed by atoms with E-state index < -0.39 is 11.6 Å². The van der Waals surface area contributed by atoms with Crippen molar-refractivity contribution in [1.29, 1.82) is 0 Å². The van der Waals surface area contributed by atoms with Crippen molar-refractivity contribution in [3.8, 4) is 0 Å². The highest BCUT2D eigenvalue weighted by atomic mass is 19.1. The summed E-state index contributed by atoms with van der Waals surface area (Å²) in [5.74, 6) is -1.34. The van der Waals surface area contributed by atoms with Gasteiger partial charge in [-0.3, -0.25) is 4.79 Å². The lowest BCUT2D eigenvalue weighted by Gasteiger charge is -2.25. The van der Waals surface area contributed by atoms with Gasteiger partial charge in [0.05, 0.1) is 5.69 Å². The van der Waals surface area contributed by atoms with Gasteiger partial charge in [-0.05, 0) is 31.5 Å². The number of carbonyl (C=O) groups is 1. The molecule has 2 rings (SSSR count). The summed E-state index contributed by atoms with van der Waals surface area (Å²) >= 11 is 0. The van der Waals surface area contributed by atoms with Crippen molar-refractivity contribution in [2.24, 2.45) is 0 Å². The van der Waals surface area contributed by atoms with E-state index in [9.17, 15) is 13.6 Å². The summed E-state index contributed by atoms with van der Waals surface area (Å²) in [5.41, 5.74) is -0.0131. The number of nitrogens with one attached hydrogen (secondary N) is 1. The molecule has 0 saturated carbocycles. The van der Waals surface area contributed by atoms with Gasteiger partial charge in [-0.2, -0.15) is 0 Å². The fraction of sp³-hybridized carbons (Fsp3) is 0.500. The first kappa shape index (κ1) is 13.9. The number of hydrogen-bond acceptors (Lipinski definition) is 2. The van der Waals surface area contributed by atoms with E-state index in [4.69, 9.17) is 0 Å². The topological polar surface area (TPSA) is 32.3 Å². The van der Waals surface area contributed by atoms with Crippen molar-refractivity contribution in [1.82, 2.24) is 5.32 Å². The van der Waals surface area contributed by atoms with Gasteiger partial charge < -0.3 is 10.2 Å². The van der Waals surface area contributed by atoms with Gasteiger partial charge in [0.15, 0.2) is 0 Å². The second-order valence-electron chi connectivity index (χ2n) is 4.90. The first-order chi connectivity index (χ1) is 9.08. The van der Waals surface area contributed by atoms with Crippen LogP contribution in [-0.2, 0) is 4.79 Å². The Bertz CT molecular complexity index is 459. The molecule has 1 aromatic carbocycles. The highest BCUT2D eigenvalue weighted by Gasteiger charge is 2.21. The van der Waals surface area contributed by atoms with Gasteiger partial charge in [0, 0.05) is 25.6 Å². The molecule has 0 bridgehead atoms. The van der Waals surface area contributed by atoms with Crippen molar-refractivity contribution in [3.05, 3.63) is 29.8 Å². The van der Waals surface area contributed by atoms with Crippen LogP contribution in [0.2, 0.25) is 0 Å². The van der Waals surface area contributed by atoms with Crippen LogP contribution in [0.25, 0.3) is 0 Å². The molecule has 1 fully saturated rings. The zero-order valence-electron chi connectivity index (χ0n) is 11.0. The Morgan fingerprint density at radius 2 is 2.21 bits per heavy atom. The Hall–Kier alpha value is -1.49. The molecule has 5 heteroatoms. The summed E-state index contributed by atoms with van der Waals surface area (Å²) < 4.78 is 26.7. The molecule has 1 aliphatic rings. The molecule has 1 atom stereocenters. The maximum absolute atomic E-state index is 13.6. The summed E-state index contributed by atoms with van der Waals surface area (Å²) in [5, 5.41) is 3.27. The van der Waals surface area contributed by atoms with Crippen LogP contribution in [0.15, 0.2) is 18.2 Å². The molecule has 0 radical (unpaired) electrons. The quantitative estimate of drug-likeness (QED) is 0.913. The number of nitrogens with zero attached hydrogens (tertiary/aromatic N) is 1. The number of piperidine rings is 1. The fourth-order valence-electron chi connectivity index (χ4n) is 2.32. The van der Waals surface area contributed by atoms with Crippen LogP contribution in [-0.4, -0.2) is 25.5 Å². The summed E-state index contributed by atoms with van der Waals surface area (Å²) in [6.07, 6.45) is 3.49. The standard InChI is InChI=1S/C14H18F2N2O/c1-18(13-8-10(15)5-6-12(13)16)14(19)9-11-4-2-3-7-17-11/h5-6,8,11,17H,2-4,7,9H2,1H3. The van der Waals surface area contributed by atoms with Crippen LogP contribution >= 0.6 is 0 Å². The third-order valence-electron chi connectivity index (χ3n) is 3.48. The molecule has 1 aliphatic heterocycles. The normalized spacial score (nSPS) is 19.2. The van der Waals surface area contributed by atoms with E-state index in [2.05, 4.69) is 5.32 Å². The zero-order chi connectivity index (χ0) is 13.8. The van der Waals surface area contributed by atoms with E-state index >= 15 is 0 Å². The first-order valence-corrected chi connectivity index (χ1v) is 6.53. The van der Waals surface area contributed by atoms with Crippen molar-refractivity contribution in [2.45, 2.75) is 31.7 Å². The minimum absolute atomic E-state index is 0.0131. The number of hydrogen-bond donors (Lipinski definition) is 1. The largest absolute Gasteiger partial charge is 0.313 e. The number of carbonyl (C=O) groups excluding carboxylic acids is 1. The lowest BCUT2D eigenvalue weighted by atomic mass is 10.0. The third kappa shape index (κ3) is 3.50. The van der Waals surface area contributed by atoms with Crippen molar-refractivity contribution in [2.75, 3.05) is 18.5 Å². The van der Waals surface area contributed by atoms with Crippen molar-refractivity contribution in [3.63, 3.8) is 0 Å². The summed E-state index contributed by atoms with van der Waals surface area (Å²) in [4.78, 5) is 13.3. The predicted molar refractivity (Wildman–Crippen MR) is 70.0 cm³/mol. The predicted octanol–water partition coefficient (Wildman–Crippen LogP) is 2.46. The van der Waals surface area contributed by atoms with Gasteiger partial charge >= 0.3 is 0 Å². The Morgan fingerprint density at radius 3 is 2.89 bits per heavy atom. The zero-order valence-corrected chi connectivity index (χ0v) is 11.0. The first-order valence-electron chi connectivity index (χ1n) is 6.53. The molecule has 1 unspecified atom stereocenters. The SMILES string of the molecule is CN(C(=O)CC1CCCCN1)c1cc(F)ccc1F. The number of rotatable bonds is 3. The van der Waals surface area contributed by atoms with E-state index in [0.717, 1.165) is 44.0 Å². The lowest BCUT2D eigenvalue weighted by Crippen LogP contribution is -2.39. The van der Waals surface area contributed by atoms with Crippen LogP contribution in [0, 0.1) is 11.6 Å². The summed E-state index contributed by atoms with van der Waals surface area (Å²) in [6, 6.07) is 3.26. The van der Waals surface area contributed by atoms with Crippen LogP contribution in [0.3, 0.4) is 0 Å². The van der Waals surface area contributed by atoms with Crippen molar-refractivity contribution < 1.29 is 13.6 Å². The molecule has 104 valence electrons. The van der Waals surface area contributed by atoms with Crippen LogP contribution in [0.1, 0.15) is 25.7 Å². The lowest BCUT2D eigenvalue weighted by molar-refractivity contribution is -0.118. The van der Waals surface area contributed by atoms with Crippen molar-refractivity contribution >= 4 is 11.6 Å². The molecule has 0 aliphatic carbocycles. The number of benzene rings is 1. The van der Waals surface area contributed by atoms with E-state index in [-0.39, 0.29) is 17.6 Å². The van der Waals surface area contributed by atoms with Gasteiger partial charge in [-0.15, -0.1) is 0 Å². The van der Waals surface area contributed by atoms with E-state index in [1.165, 1.54) is 11.9 Å². The number of halogens is 2. The fourth-order valence-corrected chi connectivity index (χ4v) is 2.32. The highest BCUT2D eigenvalue weighted by molar-refractivity contribution is 5.93. The third-order valence-corrected chi connectivity index (χ3v) is 3.48. The molecule has 3 nitrogen and oxygen atoms in total. The summed E-state index contributed by atoms with van der Waals surface area (Å²) in [7, 11) is 1.48. The van der Waals surface area contributed by atoms with Gasteiger partial charge in [0.25, 0.3) is 0 Å². The van der Waals surface area contributed by atoms with Crippen LogP contribution in [0.5, 0.6) is 0 Å². The Labute approximate surface area is 111 Å². The van der Waals surface area contributed by atoms with E-state index in [1.807, 2.05) is 0 Å². The Balaban J connectivity index is 2.03. The van der Waals surface area contributed by atoms with Crippen LogP contribution < -0.4 is 10.2 Å². The molecular formula is C14H18F2N2O. The molecule has 19 heavy (non-hydrogen) atoms. The molecule has 0 aromatic heterocycles. The molecule has 1 saturated heterocycles. The molecule has 1 aromatic rings. The maximum atomic E-state index is 13.6. The molecular weight excluding hydrogens is 250 g/mol. The molecule has 0 spiro atoms. The summed E-state index contributed by atoms with van der Waals surface area (Å²) in [6.45, 7) is 0.913.